The van der Waals surface area contributed by atoms with Crippen LogP contribution in [0.1, 0.15) is 26.2 Å². The third kappa shape index (κ3) is 1.70. The summed E-state index contributed by atoms with van der Waals surface area (Å²) in [4.78, 5) is 2.36. The molecule has 1 aliphatic rings. The molecule has 2 heteroatoms. The first kappa shape index (κ1) is 8.02. The molecule has 0 aromatic carbocycles. The van der Waals surface area contributed by atoms with Crippen LogP contribution in [-0.4, -0.2) is 35.7 Å². The maximum atomic E-state index is 8.95. The molecule has 1 fully saturated rings. The first-order valence-electron chi connectivity index (χ1n) is 4.23. The Bertz CT molecular complexity index is 83.3. The van der Waals surface area contributed by atoms with E-state index in [1.807, 2.05) is 0 Å². The molecule has 60 valence electrons. The molecule has 1 aliphatic heterocycles. The van der Waals surface area contributed by atoms with Crippen molar-refractivity contribution in [1.29, 1.82) is 0 Å². The lowest BCUT2D eigenvalue weighted by Gasteiger charge is -2.33. The number of hydrogen-bond acceptors (Lipinski definition) is 2. The van der Waals surface area contributed by atoms with Crippen LogP contribution in [0.2, 0.25) is 0 Å². The molecule has 1 rings (SSSR count). The average Bonchev–Trinajstić information content (AvgIpc) is 2.04. The molecule has 1 heterocycles. The molecule has 0 radical (unpaired) electrons. The van der Waals surface area contributed by atoms with Gasteiger partial charge in [-0.25, -0.2) is 0 Å². The number of piperidine rings is 1. The van der Waals surface area contributed by atoms with Crippen molar-refractivity contribution in [2.24, 2.45) is 0 Å². The Balaban J connectivity index is 2.34. The van der Waals surface area contributed by atoms with Crippen molar-refractivity contribution in [1.82, 2.24) is 4.90 Å². The summed E-state index contributed by atoms with van der Waals surface area (Å²) >= 11 is 0. The van der Waals surface area contributed by atoms with E-state index in [0.29, 0.717) is 12.6 Å². The highest BCUT2D eigenvalue weighted by molar-refractivity contribution is 4.74. The highest BCUT2D eigenvalue weighted by Crippen LogP contribution is 2.15. The van der Waals surface area contributed by atoms with E-state index in [4.69, 9.17) is 5.11 Å². The maximum Gasteiger partial charge on any atom is 0.0586 e. The number of hydrogen-bond donors (Lipinski definition) is 1. The summed E-state index contributed by atoms with van der Waals surface area (Å²) < 4.78 is 0. The molecule has 0 aromatic heterocycles. The second kappa shape index (κ2) is 3.94. The van der Waals surface area contributed by atoms with Crippen LogP contribution in [0, 0.1) is 0 Å². The summed E-state index contributed by atoms with van der Waals surface area (Å²) in [5.41, 5.74) is 0. The molecule has 0 saturated carbocycles. The smallest absolute Gasteiger partial charge is 0.0586 e. The van der Waals surface area contributed by atoms with Crippen LogP contribution >= 0.6 is 0 Å². The van der Waals surface area contributed by atoms with Crippen molar-refractivity contribution >= 4 is 0 Å². The Hall–Kier alpha value is -0.0800. The number of nitrogens with zero attached hydrogens (tertiary/aromatic N) is 1. The predicted molar refractivity (Wildman–Crippen MR) is 42.0 cm³/mol. The van der Waals surface area contributed by atoms with E-state index < -0.39 is 0 Å². The Labute approximate surface area is 62.8 Å². The number of likely N-dealkylation sites (tertiary alicyclic amines) is 1. The maximum absolute atomic E-state index is 8.95. The third-order valence-corrected chi connectivity index (χ3v) is 2.37. The van der Waals surface area contributed by atoms with Gasteiger partial charge in [0.05, 0.1) is 6.61 Å². The minimum atomic E-state index is 0.341. The number of likely N-dealkylation sites (N-methyl/N-ethyl adjacent to an activating group) is 1. The highest BCUT2D eigenvalue weighted by atomic mass is 16.3. The molecule has 0 aliphatic carbocycles. The second-order valence-corrected chi connectivity index (χ2v) is 2.96. The zero-order valence-corrected chi connectivity index (χ0v) is 6.71. The SMILES string of the molecule is CCN1CCCC[C@H]1CO. The Morgan fingerprint density at radius 3 is 2.80 bits per heavy atom. The lowest BCUT2D eigenvalue weighted by molar-refractivity contribution is 0.0953. The van der Waals surface area contributed by atoms with Crippen LogP contribution in [0.5, 0.6) is 0 Å². The van der Waals surface area contributed by atoms with Gasteiger partial charge in [0.25, 0.3) is 0 Å². The molecule has 10 heavy (non-hydrogen) atoms. The number of aliphatic hydroxyl groups is 1. The minimum Gasteiger partial charge on any atom is -0.395 e. The van der Waals surface area contributed by atoms with Gasteiger partial charge in [-0.05, 0) is 25.9 Å². The van der Waals surface area contributed by atoms with E-state index in [1.165, 1.54) is 25.8 Å². The Morgan fingerprint density at radius 1 is 1.50 bits per heavy atom. The van der Waals surface area contributed by atoms with Gasteiger partial charge >= 0.3 is 0 Å². The van der Waals surface area contributed by atoms with Crippen LogP contribution in [-0.2, 0) is 0 Å². The lowest BCUT2D eigenvalue weighted by Crippen LogP contribution is -2.41. The van der Waals surface area contributed by atoms with E-state index in [0.717, 1.165) is 6.54 Å². The van der Waals surface area contributed by atoms with Gasteiger partial charge in [0, 0.05) is 6.04 Å². The van der Waals surface area contributed by atoms with E-state index in [-0.39, 0.29) is 0 Å². The molecule has 0 aromatic rings. The van der Waals surface area contributed by atoms with E-state index in [2.05, 4.69) is 11.8 Å². The largest absolute Gasteiger partial charge is 0.395 e. The van der Waals surface area contributed by atoms with Crippen LogP contribution < -0.4 is 0 Å². The topological polar surface area (TPSA) is 23.5 Å². The molecule has 0 bridgehead atoms. The first-order chi connectivity index (χ1) is 4.88. The van der Waals surface area contributed by atoms with Gasteiger partial charge in [0.1, 0.15) is 0 Å². The van der Waals surface area contributed by atoms with Crippen molar-refractivity contribution in [3.8, 4) is 0 Å². The highest BCUT2D eigenvalue weighted by Gasteiger charge is 2.18. The van der Waals surface area contributed by atoms with Gasteiger partial charge in [-0.15, -0.1) is 0 Å². The zero-order chi connectivity index (χ0) is 7.40. The van der Waals surface area contributed by atoms with Crippen LogP contribution in [0.3, 0.4) is 0 Å². The van der Waals surface area contributed by atoms with Crippen LogP contribution in [0.4, 0.5) is 0 Å². The molecular formula is C8H17NO. The van der Waals surface area contributed by atoms with Crippen molar-refractivity contribution in [3.05, 3.63) is 0 Å². The zero-order valence-electron chi connectivity index (χ0n) is 6.71. The normalized spacial score (nSPS) is 28.8. The number of rotatable bonds is 2. The fourth-order valence-electron chi connectivity index (χ4n) is 1.68. The van der Waals surface area contributed by atoms with Gasteiger partial charge in [-0.3, -0.25) is 4.90 Å². The van der Waals surface area contributed by atoms with Crippen molar-refractivity contribution < 1.29 is 5.11 Å². The lowest BCUT2D eigenvalue weighted by atomic mass is 10.0. The number of aliphatic hydroxyl groups excluding tert-OH is 1. The monoisotopic (exact) mass is 143 g/mol. The predicted octanol–water partition coefficient (Wildman–Crippen LogP) is 0.853. The summed E-state index contributed by atoms with van der Waals surface area (Å²) in [7, 11) is 0. The summed E-state index contributed by atoms with van der Waals surface area (Å²) in [6, 6.07) is 0.457. The molecule has 1 N–H and O–H groups in total. The summed E-state index contributed by atoms with van der Waals surface area (Å²) in [6.45, 7) is 4.77. The molecule has 2 nitrogen and oxygen atoms in total. The summed E-state index contributed by atoms with van der Waals surface area (Å²) in [6.07, 6.45) is 3.79. The molecule has 1 atom stereocenters. The summed E-state index contributed by atoms with van der Waals surface area (Å²) in [5.74, 6) is 0. The van der Waals surface area contributed by atoms with E-state index in [1.54, 1.807) is 0 Å². The van der Waals surface area contributed by atoms with Crippen molar-refractivity contribution in [2.75, 3.05) is 19.7 Å². The van der Waals surface area contributed by atoms with Gasteiger partial charge in [-0.2, -0.15) is 0 Å². The summed E-state index contributed by atoms with van der Waals surface area (Å²) in [5, 5.41) is 8.95. The van der Waals surface area contributed by atoms with Crippen molar-refractivity contribution in [2.45, 2.75) is 32.2 Å². The third-order valence-electron chi connectivity index (χ3n) is 2.37. The minimum absolute atomic E-state index is 0.341. The fourth-order valence-corrected chi connectivity index (χ4v) is 1.68. The molecule has 1 saturated heterocycles. The molecule has 0 amide bonds. The van der Waals surface area contributed by atoms with Gasteiger partial charge < -0.3 is 5.11 Å². The van der Waals surface area contributed by atoms with E-state index in [9.17, 15) is 0 Å². The Morgan fingerprint density at radius 2 is 2.30 bits per heavy atom. The van der Waals surface area contributed by atoms with Gasteiger partial charge in [0.2, 0.25) is 0 Å². The van der Waals surface area contributed by atoms with Gasteiger partial charge in [0.15, 0.2) is 0 Å². The van der Waals surface area contributed by atoms with Crippen LogP contribution in [0.25, 0.3) is 0 Å². The standard InChI is InChI=1S/C8H17NO/c1-2-9-6-4-3-5-8(9)7-10/h8,10H,2-7H2,1H3/t8-/m0/s1. The van der Waals surface area contributed by atoms with E-state index >= 15 is 0 Å². The second-order valence-electron chi connectivity index (χ2n) is 2.96. The molecule has 0 spiro atoms. The average molecular weight is 143 g/mol. The van der Waals surface area contributed by atoms with Crippen molar-refractivity contribution in [3.63, 3.8) is 0 Å². The van der Waals surface area contributed by atoms with Gasteiger partial charge in [-0.1, -0.05) is 13.3 Å². The fraction of sp³-hybridized carbons (Fsp3) is 1.00. The Kier molecular flexibility index (Phi) is 3.16. The molecule has 0 unspecified atom stereocenters. The molecular weight excluding hydrogens is 126 g/mol. The first-order valence-corrected chi connectivity index (χ1v) is 4.23. The quantitative estimate of drug-likeness (QED) is 0.619. The van der Waals surface area contributed by atoms with Crippen LogP contribution in [0.15, 0.2) is 0 Å².